The lowest BCUT2D eigenvalue weighted by atomic mass is 10.2. The van der Waals surface area contributed by atoms with Crippen LogP contribution in [0.3, 0.4) is 0 Å². The molecule has 25 heavy (non-hydrogen) atoms. The second-order valence-corrected chi connectivity index (χ2v) is 6.08. The van der Waals surface area contributed by atoms with E-state index < -0.39 is 0 Å². The Morgan fingerprint density at radius 1 is 1.00 bits per heavy atom. The van der Waals surface area contributed by atoms with Crippen molar-refractivity contribution < 1.29 is 4.39 Å². The Hall–Kier alpha value is -3.02. The van der Waals surface area contributed by atoms with E-state index in [0.717, 1.165) is 29.8 Å². The first-order valence-corrected chi connectivity index (χ1v) is 8.31. The van der Waals surface area contributed by atoms with Gasteiger partial charge in [-0.2, -0.15) is 4.98 Å². The third-order valence-corrected chi connectivity index (χ3v) is 3.95. The SMILES string of the molecule is Fc1ccc(CNc2cc(-c3ccccn3)nc(NC3CC3)n2)cc1. The van der Waals surface area contributed by atoms with Gasteiger partial charge in [-0.15, -0.1) is 0 Å². The van der Waals surface area contributed by atoms with Gasteiger partial charge in [-0.3, -0.25) is 4.98 Å². The van der Waals surface area contributed by atoms with Crippen molar-refractivity contribution in [1.29, 1.82) is 0 Å². The number of hydrogen-bond acceptors (Lipinski definition) is 5. The minimum atomic E-state index is -0.237. The summed E-state index contributed by atoms with van der Waals surface area (Å²) in [6.07, 6.45) is 4.04. The predicted octanol–water partition coefficient (Wildman–Crippen LogP) is 3.86. The van der Waals surface area contributed by atoms with Gasteiger partial charge < -0.3 is 10.6 Å². The van der Waals surface area contributed by atoms with Gasteiger partial charge in [0.2, 0.25) is 5.95 Å². The van der Waals surface area contributed by atoms with Gasteiger partial charge in [-0.05, 0) is 42.7 Å². The van der Waals surface area contributed by atoms with E-state index in [1.165, 1.54) is 12.1 Å². The zero-order valence-electron chi connectivity index (χ0n) is 13.6. The van der Waals surface area contributed by atoms with Gasteiger partial charge in [0.05, 0.1) is 11.4 Å². The summed E-state index contributed by atoms with van der Waals surface area (Å²) in [5.41, 5.74) is 2.55. The average Bonchev–Trinajstić information content (AvgIpc) is 3.46. The van der Waals surface area contributed by atoms with Crippen molar-refractivity contribution in [2.45, 2.75) is 25.4 Å². The van der Waals surface area contributed by atoms with Crippen molar-refractivity contribution in [1.82, 2.24) is 15.0 Å². The van der Waals surface area contributed by atoms with Gasteiger partial charge in [0.15, 0.2) is 0 Å². The summed E-state index contributed by atoms with van der Waals surface area (Å²) in [7, 11) is 0. The minimum absolute atomic E-state index is 0.237. The molecule has 1 aromatic carbocycles. The molecule has 2 heterocycles. The summed E-state index contributed by atoms with van der Waals surface area (Å²) in [5, 5.41) is 6.62. The molecule has 0 radical (unpaired) electrons. The first-order chi connectivity index (χ1) is 12.3. The van der Waals surface area contributed by atoms with E-state index in [1.807, 2.05) is 24.3 Å². The largest absolute Gasteiger partial charge is 0.366 e. The fraction of sp³-hybridized carbons (Fsp3) is 0.211. The van der Waals surface area contributed by atoms with Gasteiger partial charge in [-0.1, -0.05) is 18.2 Å². The van der Waals surface area contributed by atoms with Crippen LogP contribution in [0.15, 0.2) is 54.7 Å². The van der Waals surface area contributed by atoms with E-state index in [2.05, 4.69) is 25.6 Å². The van der Waals surface area contributed by atoms with Crippen molar-refractivity contribution in [2.24, 2.45) is 0 Å². The molecule has 0 spiro atoms. The van der Waals surface area contributed by atoms with E-state index in [9.17, 15) is 4.39 Å². The summed E-state index contributed by atoms with van der Waals surface area (Å²) in [6.45, 7) is 0.557. The van der Waals surface area contributed by atoms with E-state index in [1.54, 1.807) is 18.3 Å². The van der Waals surface area contributed by atoms with Gasteiger partial charge in [-0.25, -0.2) is 9.37 Å². The van der Waals surface area contributed by atoms with Crippen molar-refractivity contribution in [2.75, 3.05) is 10.6 Å². The van der Waals surface area contributed by atoms with Crippen LogP contribution in [0.25, 0.3) is 11.4 Å². The number of halogens is 1. The van der Waals surface area contributed by atoms with E-state index in [-0.39, 0.29) is 5.82 Å². The zero-order chi connectivity index (χ0) is 17.1. The summed E-state index contributed by atoms with van der Waals surface area (Å²) in [5.74, 6) is 1.08. The highest BCUT2D eigenvalue weighted by atomic mass is 19.1. The van der Waals surface area contributed by atoms with Crippen LogP contribution in [-0.4, -0.2) is 21.0 Å². The molecule has 126 valence electrons. The van der Waals surface area contributed by atoms with Crippen molar-refractivity contribution in [3.05, 3.63) is 66.1 Å². The van der Waals surface area contributed by atoms with Gasteiger partial charge in [0.1, 0.15) is 11.6 Å². The molecule has 3 aromatic rings. The van der Waals surface area contributed by atoms with E-state index >= 15 is 0 Å². The average molecular weight is 335 g/mol. The molecule has 0 amide bonds. The van der Waals surface area contributed by atoms with Crippen LogP contribution >= 0.6 is 0 Å². The second kappa shape index (κ2) is 6.84. The number of hydrogen-bond donors (Lipinski definition) is 2. The lowest BCUT2D eigenvalue weighted by Crippen LogP contribution is -2.09. The smallest absolute Gasteiger partial charge is 0.225 e. The van der Waals surface area contributed by atoms with E-state index in [0.29, 0.717) is 24.4 Å². The summed E-state index contributed by atoms with van der Waals surface area (Å²) in [6, 6.07) is 14.5. The predicted molar refractivity (Wildman–Crippen MR) is 95.6 cm³/mol. The number of benzene rings is 1. The second-order valence-electron chi connectivity index (χ2n) is 6.08. The quantitative estimate of drug-likeness (QED) is 0.716. The standard InChI is InChI=1S/C19H18FN5/c20-14-6-4-13(5-7-14)12-22-18-11-17(16-3-1-2-10-21-16)24-19(25-18)23-15-8-9-15/h1-7,10-11,15H,8-9,12H2,(H2,22,23,24,25). The van der Waals surface area contributed by atoms with Gasteiger partial charge in [0, 0.05) is 24.8 Å². The van der Waals surface area contributed by atoms with Crippen molar-refractivity contribution in [3.8, 4) is 11.4 Å². The van der Waals surface area contributed by atoms with E-state index in [4.69, 9.17) is 0 Å². The molecule has 5 nitrogen and oxygen atoms in total. The first kappa shape index (κ1) is 15.5. The maximum atomic E-state index is 13.0. The molecule has 0 aliphatic heterocycles. The molecule has 0 bridgehead atoms. The molecule has 1 saturated carbocycles. The number of aromatic nitrogens is 3. The first-order valence-electron chi connectivity index (χ1n) is 8.31. The lowest BCUT2D eigenvalue weighted by molar-refractivity contribution is 0.627. The van der Waals surface area contributed by atoms with Crippen LogP contribution in [0.5, 0.6) is 0 Å². The Morgan fingerprint density at radius 3 is 2.56 bits per heavy atom. The molecular weight excluding hydrogens is 317 g/mol. The molecular formula is C19H18FN5. The number of pyridine rings is 1. The minimum Gasteiger partial charge on any atom is -0.366 e. The number of anilines is 2. The molecule has 0 saturated heterocycles. The summed E-state index contributed by atoms with van der Waals surface area (Å²) in [4.78, 5) is 13.5. The maximum absolute atomic E-state index is 13.0. The molecule has 0 atom stereocenters. The highest BCUT2D eigenvalue weighted by Crippen LogP contribution is 2.25. The Labute approximate surface area is 145 Å². The van der Waals surface area contributed by atoms with Crippen LogP contribution in [0.4, 0.5) is 16.2 Å². The number of nitrogens with one attached hydrogen (secondary N) is 2. The monoisotopic (exact) mass is 335 g/mol. The lowest BCUT2D eigenvalue weighted by Gasteiger charge is -2.11. The molecule has 1 fully saturated rings. The number of nitrogens with zero attached hydrogens (tertiary/aromatic N) is 3. The zero-order valence-corrected chi connectivity index (χ0v) is 13.6. The van der Waals surface area contributed by atoms with Crippen LogP contribution in [0.2, 0.25) is 0 Å². The maximum Gasteiger partial charge on any atom is 0.225 e. The van der Waals surface area contributed by atoms with Crippen LogP contribution in [0, 0.1) is 5.82 Å². The topological polar surface area (TPSA) is 62.7 Å². The van der Waals surface area contributed by atoms with Gasteiger partial charge in [0.25, 0.3) is 0 Å². The Kier molecular flexibility index (Phi) is 4.24. The fourth-order valence-corrected chi connectivity index (χ4v) is 2.45. The Morgan fingerprint density at radius 2 is 1.84 bits per heavy atom. The third kappa shape index (κ3) is 4.09. The van der Waals surface area contributed by atoms with Crippen LogP contribution in [-0.2, 0) is 6.54 Å². The highest BCUT2D eigenvalue weighted by Gasteiger charge is 2.22. The molecule has 4 rings (SSSR count). The third-order valence-electron chi connectivity index (χ3n) is 3.95. The molecule has 2 aromatic heterocycles. The molecule has 1 aliphatic carbocycles. The van der Waals surface area contributed by atoms with Crippen molar-refractivity contribution >= 4 is 11.8 Å². The highest BCUT2D eigenvalue weighted by molar-refractivity contribution is 5.61. The number of rotatable bonds is 6. The van der Waals surface area contributed by atoms with Gasteiger partial charge >= 0.3 is 0 Å². The molecule has 0 unspecified atom stereocenters. The van der Waals surface area contributed by atoms with Crippen LogP contribution < -0.4 is 10.6 Å². The molecule has 6 heteroatoms. The fourth-order valence-electron chi connectivity index (χ4n) is 2.45. The van der Waals surface area contributed by atoms with Crippen molar-refractivity contribution in [3.63, 3.8) is 0 Å². The summed E-state index contributed by atoms with van der Waals surface area (Å²) >= 11 is 0. The molecule has 1 aliphatic rings. The summed E-state index contributed by atoms with van der Waals surface area (Å²) < 4.78 is 13.0. The normalized spacial score (nSPS) is 13.5. The van der Waals surface area contributed by atoms with Crippen LogP contribution in [0.1, 0.15) is 18.4 Å². The Bertz CT molecular complexity index is 847. The Balaban J connectivity index is 1.57. The molecule has 2 N–H and O–H groups in total.